The molecule has 0 fully saturated rings. The molecule has 0 aromatic rings. The monoisotopic (exact) mass is 179 g/mol. The van der Waals surface area contributed by atoms with Crippen molar-refractivity contribution in [1.29, 1.82) is 0 Å². The lowest BCUT2D eigenvalue weighted by Gasteiger charge is -2.21. The van der Waals surface area contributed by atoms with Crippen LogP contribution in [0, 0.1) is 0 Å². The van der Waals surface area contributed by atoms with Crippen molar-refractivity contribution < 1.29 is 4.74 Å². The van der Waals surface area contributed by atoms with E-state index in [2.05, 4.69) is 11.8 Å². The summed E-state index contributed by atoms with van der Waals surface area (Å²) >= 11 is 5.48. The summed E-state index contributed by atoms with van der Waals surface area (Å²) < 4.78 is 5.38. The summed E-state index contributed by atoms with van der Waals surface area (Å²) in [5.74, 6) is 0. The first-order valence-electron chi connectivity index (χ1n) is 4.08. The van der Waals surface area contributed by atoms with Gasteiger partial charge in [-0.15, -0.1) is 0 Å². The van der Waals surface area contributed by atoms with Crippen LogP contribution in [0.4, 0.5) is 0 Å². The third kappa shape index (κ3) is 6.60. The van der Waals surface area contributed by atoms with E-state index < -0.39 is 0 Å². The van der Waals surface area contributed by atoms with Crippen LogP contribution in [0.2, 0.25) is 0 Å². The highest BCUT2D eigenvalue weighted by Gasteiger charge is 2.15. The molecule has 68 valence electrons. The Morgan fingerprint density at radius 3 is 2.55 bits per heavy atom. The van der Waals surface area contributed by atoms with E-state index in [1.807, 2.05) is 13.8 Å². The van der Waals surface area contributed by atoms with E-state index in [1.54, 1.807) is 0 Å². The molecule has 0 bridgehead atoms. The quantitative estimate of drug-likeness (QED) is 0.499. The molecule has 0 aromatic carbocycles. The van der Waals surface area contributed by atoms with Crippen molar-refractivity contribution in [3.8, 4) is 0 Å². The molecule has 0 aromatic heterocycles. The molecule has 0 aliphatic heterocycles. The standard InChI is InChI=1S/C8H18ClNO/c1-4-5-6-11-7-8(2,3)10-9/h10H,4-7H2,1-3H3. The lowest BCUT2D eigenvalue weighted by atomic mass is 10.1. The molecule has 0 saturated carbocycles. The predicted molar refractivity (Wildman–Crippen MR) is 48.8 cm³/mol. The summed E-state index contributed by atoms with van der Waals surface area (Å²) in [5.41, 5.74) is -0.116. The minimum Gasteiger partial charge on any atom is -0.380 e. The first-order chi connectivity index (χ1) is 5.12. The molecule has 3 heteroatoms. The van der Waals surface area contributed by atoms with Gasteiger partial charge in [0, 0.05) is 6.61 Å². The molecule has 1 N–H and O–H groups in total. The van der Waals surface area contributed by atoms with Gasteiger partial charge >= 0.3 is 0 Å². The van der Waals surface area contributed by atoms with Gasteiger partial charge in [0.25, 0.3) is 0 Å². The molecule has 0 aliphatic rings. The molecule has 2 nitrogen and oxygen atoms in total. The fourth-order valence-corrected chi connectivity index (χ4v) is 0.656. The first kappa shape index (κ1) is 11.2. The number of ether oxygens (including phenoxy) is 1. The molecule has 0 amide bonds. The molecule has 0 heterocycles. The number of unbranched alkanes of at least 4 members (excludes halogenated alkanes) is 1. The van der Waals surface area contributed by atoms with E-state index in [-0.39, 0.29) is 5.54 Å². The highest BCUT2D eigenvalue weighted by atomic mass is 35.5. The van der Waals surface area contributed by atoms with Crippen molar-refractivity contribution in [3.63, 3.8) is 0 Å². The van der Waals surface area contributed by atoms with Crippen LogP contribution in [0.15, 0.2) is 0 Å². The topological polar surface area (TPSA) is 21.3 Å². The van der Waals surface area contributed by atoms with Crippen LogP contribution in [0.25, 0.3) is 0 Å². The van der Waals surface area contributed by atoms with E-state index in [9.17, 15) is 0 Å². The van der Waals surface area contributed by atoms with Crippen molar-refractivity contribution in [2.24, 2.45) is 0 Å². The van der Waals surface area contributed by atoms with Crippen LogP contribution >= 0.6 is 11.8 Å². The molecule has 0 spiro atoms. The van der Waals surface area contributed by atoms with Gasteiger partial charge in [0.05, 0.1) is 12.1 Å². The second-order valence-corrected chi connectivity index (χ2v) is 3.57. The predicted octanol–water partition coefficient (Wildman–Crippen LogP) is 2.33. The maximum Gasteiger partial charge on any atom is 0.0655 e. The van der Waals surface area contributed by atoms with E-state index in [0.29, 0.717) is 6.61 Å². The Morgan fingerprint density at radius 1 is 1.45 bits per heavy atom. The average molecular weight is 180 g/mol. The van der Waals surface area contributed by atoms with Gasteiger partial charge in [0.1, 0.15) is 0 Å². The lowest BCUT2D eigenvalue weighted by Crippen LogP contribution is -2.37. The van der Waals surface area contributed by atoms with Gasteiger partial charge in [-0.1, -0.05) is 13.3 Å². The smallest absolute Gasteiger partial charge is 0.0655 e. The third-order valence-corrected chi connectivity index (χ3v) is 1.87. The Balaban J connectivity index is 3.23. The normalized spacial score (nSPS) is 12.0. The second-order valence-electron chi connectivity index (χ2n) is 3.38. The Bertz CT molecular complexity index is 96.1. The summed E-state index contributed by atoms with van der Waals surface area (Å²) in [5, 5.41) is 0. The van der Waals surface area contributed by atoms with Crippen LogP contribution in [-0.4, -0.2) is 18.8 Å². The Hall–Kier alpha value is 0.210. The molecule has 0 aliphatic carbocycles. The fourth-order valence-electron chi connectivity index (χ4n) is 0.601. The largest absolute Gasteiger partial charge is 0.380 e. The SMILES string of the molecule is CCCCOCC(C)(C)NCl. The van der Waals surface area contributed by atoms with Crippen molar-refractivity contribution in [2.45, 2.75) is 39.2 Å². The molecule has 0 saturated heterocycles. The maximum absolute atomic E-state index is 5.48. The zero-order chi connectivity index (χ0) is 8.74. The summed E-state index contributed by atoms with van der Waals surface area (Å²) in [6.07, 6.45) is 2.30. The molecule has 0 atom stereocenters. The Labute approximate surface area is 74.4 Å². The van der Waals surface area contributed by atoms with Gasteiger partial charge < -0.3 is 4.74 Å². The zero-order valence-corrected chi connectivity index (χ0v) is 8.37. The highest BCUT2D eigenvalue weighted by Crippen LogP contribution is 2.03. The zero-order valence-electron chi connectivity index (χ0n) is 7.61. The highest BCUT2D eigenvalue weighted by molar-refractivity contribution is 6.13. The minimum atomic E-state index is -0.116. The van der Waals surface area contributed by atoms with Crippen molar-refractivity contribution in [3.05, 3.63) is 0 Å². The molecule has 0 unspecified atom stereocenters. The van der Waals surface area contributed by atoms with E-state index in [1.165, 1.54) is 6.42 Å². The van der Waals surface area contributed by atoms with Gasteiger partial charge in [-0.05, 0) is 32.0 Å². The minimum absolute atomic E-state index is 0.116. The Morgan fingerprint density at radius 2 is 2.09 bits per heavy atom. The number of hydrogen-bond acceptors (Lipinski definition) is 2. The van der Waals surface area contributed by atoms with Crippen molar-refractivity contribution in [1.82, 2.24) is 4.84 Å². The van der Waals surface area contributed by atoms with Gasteiger partial charge in [-0.2, -0.15) is 0 Å². The molecule has 0 radical (unpaired) electrons. The first-order valence-corrected chi connectivity index (χ1v) is 4.45. The van der Waals surface area contributed by atoms with Crippen molar-refractivity contribution >= 4 is 11.8 Å². The fraction of sp³-hybridized carbons (Fsp3) is 1.00. The van der Waals surface area contributed by atoms with E-state index in [0.717, 1.165) is 13.0 Å². The Kier molecular flexibility index (Phi) is 5.92. The summed E-state index contributed by atoms with van der Waals surface area (Å²) in [4.78, 5) is 2.67. The van der Waals surface area contributed by atoms with Gasteiger partial charge in [0.15, 0.2) is 0 Å². The van der Waals surface area contributed by atoms with Crippen molar-refractivity contribution in [2.75, 3.05) is 13.2 Å². The van der Waals surface area contributed by atoms with E-state index >= 15 is 0 Å². The number of rotatable bonds is 6. The van der Waals surface area contributed by atoms with Crippen LogP contribution in [0.3, 0.4) is 0 Å². The number of halogens is 1. The van der Waals surface area contributed by atoms with Crippen LogP contribution in [0.1, 0.15) is 33.6 Å². The molecular weight excluding hydrogens is 162 g/mol. The third-order valence-electron chi connectivity index (χ3n) is 1.36. The summed E-state index contributed by atoms with van der Waals surface area (Å²) in [6, 6.07) is 0. The second kappa shape index (κ2) is 5.81. The molecular formula is C8H18ClNO. The van der Waals surface area contributed by atoms with E-state index in [4.69, 9.17) is 16.5 Å². The van der Waals surface area contributed by atoms with Gasteiger partial charge in [-0.25, -0.2) is 4.84 Å². The maximum atomic E-state index is 5.48. The van der Waals surface area contributed by atoms with Crippen LogP contribution in [-0.2, 0) is 4.74 Å². The molecule has 0 rings (SSSR count). The lowest BCUT2D eigenvalue weighted by molar-refractivity contribution is 0.0895. The summed E-state index contributed by atoms with van der Waals surface area (Å²) in [6.45, 7) is 7.65. The average Bonchev–Trinajstić information content (AvgIpc) is 1.99. The van der Waals surface area contributed by atoms with Crippen LogP contribution < -0.4 is 4.84 Å². The number of hydrogen-bond donors (Lipinski definition) is 1. The van der Waals surface area contributed by atoms with Crippen LogP contribution in [0.5, 0.6) is 0 Å². The number of nitrogens with one attached hydrogen (secondary N) is 1. The van der Waals surface area contributed by atoms with Gasteiger partial charge in [0.2, 0.25) is 0 Å². The molecule has 11 heavy (non-hydrogen) atoms. The summed E-state index contributed by atoms with van der Waals surface area (Å²) in [7, 11) is 0. The van der Waals surface area contributed by atoms with Gasteiger partial charge in [-0.3, -0.25) is 0 Å².